The first kappa shape index (κ1) is 22.4. The molecule has 0 rings (SSSR count). The highest BCUT2D eigenvalue weighted by Crippen LogP contribution is 2.11. The second kappa shape index (κ2) is 21.4. The Morgan fingerprint density at radius 3 is 1.39 bits per heavy atom. The van der Waals surface area contributed by atoms with Gasteiger partial charge >= 0.3 is 0 Å². The van der Waals surface area contributed by atoms with Crippen molar-refractivity contribution in [2.45, 2.75) is 103 Å². The molecule has 0 unspecified atom stereocenters. The van der Waals surface area contributed by atoms with Crippen molar-refractivity contribution in [2.75, 3.05) is 6.54 Å². The third kappa shape index (κ3) is 21.4. The number of unbranched alkanes of at least 4 members (excludes halogenated alkanes) is 14. The molecule has 0 heterocycles. The number of rotatable bonds is 19. The van der Waals surface area contributed by atoms with Gasteiger partial charge in [0, 0.05) is 6.54 Å². The Balaban J connectivity index is 3.04. The summed E-state index contributed by atoms with van der Waals surface area (Å²) in [5.74, 6) is 5.24. The number of hydrazine groups is 1. The molecule has 0 fully saturated rings. The van der Waals surface area contributed by atoms with E-state index in [9.17, 15) is 0 Å². The Bertz CT molecular complexity index is 248. The van der Waals surface area contributed by atoms with E-state index < -0.39 is 0 Å². The van der Waals surface area contributed by atoms with Gasteiger partial charge in [-0.3, -0.25) is 11.3 Å². The van der Waals surface area contributed by atoms with Gasteiger partial charge in [-0.05, 0) is 44.9 Å². The van der Waals surface area contributed by atoms with E-state index in [1.165, 1.54) is 103 Å². The van der Waals surface area contributed by atoms with Crippen molar-refractivity contribution in [3.05, 3.63) is 24.8 Å². The molecule has 0 atom stereocenters. The van der Waals surface area contributed by atoms with Gasteiger partial charge in [0.15, 0.2) is 0 Å². The first-order chi connectivity index (χ1) is 11.4. The molecule has 0 aromatic rings. The summed E-state index contributed by atoms with van der Waals surface area (Å²) < 4.78 is 0. The van der Waals surface area contributed by atoms with E-state index in [1.54, 1.807) is 0 Å². The summed E-state index contributed by atoms with van der Waals surface area (Å²) in [5, 5.41) is 0. The Kier molecular flexibility index (Phi) is 20.8. The number of hydrogen-bond donors (Lipinski definition) is 2. The molecule has 0 radical (unpaired) electrons. The van der Waals surface area contributed by atoms with Crippen LogP contribution in [0.2, 0.25) is 0 Å². The molecule has 0 aliphatic rings. The highest BCUT2D eigenvalue weighted by molar-refractivity contribution is 4.81. The minimum Gasteiger partial charge on any atom is -0.271 e. The molecule has 2 nitrogen and oxygen atoms in total. The van der Waals surface area contributed by atoms with Crippen LogP contribution in [0, 0.1) is 0 Å². The lowest BCUT2D eigenvalue weighted by Crippen LogP contribution is -2.22. The smallest absolute Gasteiger partial charge is 0.00974 e. The van der Waals surface area contributed by atoms with Crippen LogP contribution in [0.15, 0.2) is 24.8 Å². The third-order valence-corrected chi connectivity index (χ3v) is 4.39. The predicted octanol–water partition coefficient (Wildman–Crippen LogP) is 6.43. The first-order valence-corrected chi connectivity index (χ1v) is 10.1. The molecule has 0 aliphatic carbocycles. The zero-order valence-corrected chi connectivity index (χ0v) is 15.5. The maximum absolute atomic E-state index is 5.24. The summed E-state index contributed by atoms with van der Waals surface area (Å²) >= 11 is 0. The van der Waals surface area contributed by atoms with Gasteiger partial charge < -0.3 is 0 Å². The van der Waals surface area contributed by atoms with Crippen molar-refractivity contribution in [1.29, 1.82) is 0 Å². The number of hydrogen-bond acceptors (Lipinski definition) is 2. The second-order valence-electron chi connectivity index (χ2n) is 6.68. The Morgan fingerprint density at radius 2 is 0.957 bits per heavy atom. The lowest BCUT2D eigenvalue weighted by atomic mass is 10.1. The van der Waals surface area contributed by atoms with E-state index in [2.05, 4.69) is 24.2 Å². The molecule has 0 spiro atoms. The van der Waals surface area contributed by atoms with Crippen molar-refractivity contribution < 1.29 is 0 Å². The van der Waals surface area contributed by atoms with Crippen LogP contribution < -0.4 is 11.3 Å². The van der Waals surface area contributed by atoms with Crippen molar-refractivity contribution in [3.63, 3.8) is 0 Å². The van der Waals surface area contributed by atoms with Crippen LogP contribution in [-0.2, 0) is 0 Å². The van der Waals surface area contributed by atoms with Gasteiger partial charge in [0.25, 0.3) is 0 Å². The average Bonchev–Trinajstić information content (AvgIpc) is 2.57. The Labute approximate surface area is 146 Å². The molecular weight excluding hydrogens is 280 g/mol. The van der Waals surface area contributed by atoms with Crippen LogP contribution in [0.4, 0.5) is 0 Å². The molecule has 0 aromatic heterocycles. The molecule has 0 saturated carbocycles. The molecular formula is C21H42N2. The standard InChI is InChI=1S/C21H42N2/c1-2-3-4-5-6-7-8-9-10-11-12-13-14-15-16-17-18-19-20-21-23-22/h2,12-13,23H,1,3-11,14-22H2. The molecule has 0 aliphatic heterocycles. The van der Waals surface area contributed by atoms with Gasteiger partial charge in [0.05, 0.1) is 0 Å². The predicted molar refractivity (Wildman–Crippen MR) is 105 cm³/mol. The van der Waals surface area contributed by atoms with Crippen LogP contribution in [0.5, 0.6) is 0 Å². The highest BCUT2D eigenvalue weighted by atomic mass is 15.2. The second-order valence-corrected chi connectivity index (χ2v) is 6.68. The van der Waals surface area contributed by atoms with Gasteiger partial charge in [-0.2, -0.15) is 0 Å². The van der Waals surface area contributed by atoms with E-state index in [-0.39, 0.29) is 0 Å². The number of nitrogens with two attached hydrogens (primary N) is 1. The summed E-state index contributed by atoms with van der Waals surface area (Å²) in [6.07, 6.45) is 28.3. The molecule has 0 amide bonds. The van der Waals surface area contributed by atoms with Crippen molar-refractivity contribution in [2.24, 2.45) is 5.84 Å². The average molecular weight is 323 g/mol. The summed E-state index contributed by atoms with van der Waals surface area (Å²) in [6, 6.07) is 0. The van der Waals surface area contributed by atoms with Crippen LogP contribution in [0.1, 0.15) is 103 Å². The highest BCUT2D eigenvalue weighted by Gasteiger charge is 1.92. The largest absolute Gasteiger partial charge is 0.271 e. The molecule has 3 N–H and O–H groups in total. The summed E-state index contributed by atoms with van der Waals surface area (Å²) in [4.78, 5) is 0. The SMILES string of the molecule is C=CCCCCCCCCCC=CCCCCCCCCNN. The fourth-order valence-electron chi connectivity index (χ4n) is 2.87. The van der Waals surface area contributed by atoms with Gasteiger partial charge in [0.1, 0.15) is 0 Å². The minimum atomic E-state index is 0.956. The molecule has 0 bridgehead atoms. The quantitative estimate of drug-likeness (QED) is 0.124. The van der Waals surface area contributed by atoms with Gasteiger partial charge in [-0.25, -0.2) is 0 Å². The monoisotopic (exact) mass is 322 g/mol. The zero-order valence-electron chi connectivity index (χ0n) is 15.5. The molecule has 0 saturated heterocycles. The maximum atomic E-state index is 5.24. The van der Waals surface area contributed by atoms with Gasteiger partial charge in [-0.15, -0.1) is 6.58 Å². The van der Waals surface area contributed by atoms with E-state index >= 15 is 0 Å². The molecule has 0 aromatic carbocycles. The van der Waals surface area contributed by atoms with Gasteiger partial charge in [-0.1, -0.05) is 76.0 Å². The fraction of sp³-hybridized carbons (Fsp3) is 0.810. The number of allylic oxidation sites excluding steroid dienone is 3. The van der Waals surface area contributed by atoms with E-state index in [0.717, 1.165) is 6.54 Å². The normalized spacial score (nSPS) is 11.3. The van der Waals surface area contributed by atoms with Crippen molar-refractivity contribution in [1.82, 2.24) is 5.43 Å². The van der Waals surface area contributed by atoms with Crippen LogP contribution in [0.3, 0.4) is 0 Å². The zero-order chi connectivity index (χ0) is 16.8. The lowest BCUT2D eigenvalue weighted by Gasteiger charge is -2.01. The summed E-state index contributed by atoms with van der Waals surface area (Å²) in [5.41, 5.74) is 2.71. The molecule has 23 heavy (non-hydrogen) atoms. The van der Waals surface area contributed by atoms with Crippen LogP contribution in [0.25, 0.3) is 0 Å². The van der Waals surface area contributed by atoms with Crippen molar-refractivity contribution in [3.8, 4) is 0 Å². The van der Waals surface area contributed by atoms with Crippen LogP contribution >= 0.6 is 0 Å². The van der Waals surface area contributed by atoms with Crippen LogP contribution in [-0.4, -0.2) is 6.54 Å². The summed E-state index contributed by atoms with van der Waals surface area (Å²) in [6.45, 7) is 4.72. The first-order valence-electron chi connectivity index (χ1n) is 10.1. The van der Waals surface area contributed by atoms with E-state index in [1.807, 2.05) is 6.08 Å². The number of nitrogens with one attached hydrogen (secondary N) is 1. The summed E-state index contributed by atoms with van der Waals surface area (Å²) in [7, 11) is 0. The maximum Gasteiger partial charge on any atom is 0.00974 e. The Hall–Kier alpha value is -0.600. The minimum absolute atomic E-state index is 0.956. The third-order valence-electron chi connectivity index (χ3n) is 4.39. The Morgan fingerprint density at radius 1 is 0.565 bits per heavy atom. The molecule has 136 valence electrons. The van der Waals surface area contributed by atoms with Gasteiger partial charge in [0.2, 0.25) is 0 Å². The topological polar surface area (TPSA) is 38.0 Å². The molecule has 2 heteroatoms. The van der Waals surface area contributed by atoms with E-state index in [4.69, 9.17) is 5.84 Å². The fourth-order valence-corrected chi connectivity index (χ4v) is 2.87. The van der Waals surface area contributed by atoms with E-state index in [0.29, 0.717) is 0 Å². The van der Waals surface area contributed by atoms with Crippen molar-refractivity contribution >= 4 is 0 Å². The lowest BCUT2D eigenvalue weighted by molar-refractivity contribution is 0.573.